The van der Waals surface area contributed by atoms with Crippen LogP contribution in [-0.2, 0) is 4.74 Å². The number of amides is 1. The summed E-state index contributed by atoms with van der Waals surface area (Å²) in [5.41, 5.74) is 1.19. The molecule has 0 saturated carbocycles. The summed E-state index contributed by atoms with van der Waals surface area (Å²) < 4.78 is 18.3. The van der Waals surface area contributed by atoms with Crippen LogP contribution in [0, 0.1) is 5.82 Å². The monoisotopic (exact) mass is 319 g/mol. The summed E-state index contributed by atoms with van der Waals surface area (Å²) in [6.07, 6.45) is 3.87. The van der Waals surface area contributed by atoms with Crippen LogP contribution in [-0.4, -0.2) is 55.2 Å². The molecule has 6 heteroatoms. The molecular weight excluding hydrogens is 297 g/mol. The van der Waals surface area contributed by atoms with Gasteiger partial charge in [-0.25, -0.2) is 4.39 Å². The number of aromatic nitrogens is 1. The van der Waals surface area contributed by atoms with Crippen LogP contribution in [0.2, 0.25) is 0 Å². The van der Waals surface area contributed by atoms with Gasteiger partial charge in [0.1, 0.15) is 5.82 Å². The molecule has 1 saturated heterocycles. The summed E-state index contributed by atoms with van der Waals surface area (Å²) in [4.78, 5) is 17.7. The maximum Gasteiger partial charge on any atom is 0.253 e. The van der Waals surface area contributed by atoms with Gasteiger partial charge in [-0.15, -0.1) is 0 Å². The molecule has 23 heavy (non-hydrogen) atoms. The van der Waals surface area contributed by atoms with Crippen molar-refractivity contribution < 1.29 is 13.9 Å². The van der Waals surface area contributed by atoms with Crippen molar-refractivity contribution in [2.24, 2.45) is 0 Å². The van der Waals surface area contributed by atoms with Crippen LogP contribution in [0.25, 0.3) is 10.9 Å². The number of benzene rings is 1. The Hall–Kier alpha value is -1.92. The van der Waals surface area contributed by atoms with Crippen LogP contribution in [0.15, 0.2) is 24.4 Å². The van der Waals surface area contributed by atoms with Crippen LogP contribution in [0.3, 0.4) is 0 Å². The van der Waals surface area contributed by atoms with Gasteiger partial charge in [-0.3, -0.25) is 9.69 Å². The molecule has 3 rings (SSSR count). The Balaban J connectivity index is 1.62. The Kier molecular flexibility index (Phi) is 4.93. The van der Waals surface area contributed by atoms with Gasteiger partial charge in [0.15, 0.2) is 0 Å². The number of methoxy groups -OCH3 is 1. The average Bonchev–Trinajstić information content (AvgIpc) is 3.16. The van der Waals surface area contributed by atoms with Crippen molar-refractivity contribution in [2.45, 2.75) is 18.9 Å². The maximum atomic E-state index is 13.2. The first-order chi connectivity index (χ1) is 11.2. The largest absolute Gasteiger partial charge is 0.383 e. The number of ether oxygens (including phenoxy) is 1. The molecule has 0 unspecified atom stereocenters. The van der Waals surface area contributed by atoms with Gasteiger partial charge < -0.3 is 15.0 Å². The molecule has 124 valence electrons. The first-order valence-corrected chi connectivity index (χ1v) is 7.97. The van der Waals surface area contributed by atoms with Gasteiger partial charge in [-0.05, 0) is 37.6 Å². The lowest BCUT2D eigenvalue weighted by atomic mass is 10.1. The van der Waals surface area contributed by atoms with Crippen molar-refractivity contribution in [3.8, 4) is 0 Å². The molecule has 1 aliphatic rings. The second kappa shape index (κ2) is 7.10. The lowest BCUT2D eigenvalue weighted by Crippen LogP contribution is -2.41. The first-order valence-electron chi connectivity index (χ1n) is 7.97. The lowest BCUT2D eigenvalue weighted by molar-refractivity contribution is 0.0934. The van der Waals surface area contributed by atoms with Crippen molar-refractivity contribution in [1.82, 2.24) is 15.2 Å². The highest BCUT2D eigenvalue weighted by atomic mass is 19.1. The minimum atomic E-state index is -0.314. The molecule has 1 fully saturated rings. The number of likely N-dealkylation sites (tertiary alicyclic amines) is 1. The summed E-state index contributed by atoms with van der Waals surface area (Å²) >= 11 is 0. The molecule has 2 aromatic rings. The fourth-order valence-corrected chi connectivity index (χ4v) is 3.22. The van der Waals surface area contributed by atoms with Gasteiger partial charge in [0.2, 0.25) is 0 Å². The first kappa shape index (κ1) is 16.0. The van der Waals surface area contributed by atoms with E-state index < -0.39 is 0 Å². The van der Waals surface area contributed by atoms with Crippen molar-refractivity contribution in [3.05, 3.63) is 35.8 Å². The molecular formula is C17H22FN3O2. The van der Waals surface area contributed by atoms with Crippen molar-refractivity contribution in [3.63, 3.8) is 0 Å². The molecule has 2 N–H and O–H groups in total. The lowest BCUT2D eigenvalue weighted by Gasteiger charge is -2.24. The Bertz CT molecular complexity index is 686. The number of nitrogens with zero attached hydrogens (tertiary/aromatic N) is 1. The zero-order chi connectivity index (χ0) is 16.2. The van der Waals surface area contributed by atoms with E-state index in [1.165, 1.54) is 12.1 Å². The standard InChI is InChI=1S/C17H22FN3O2/c1-23-8-7-21-6-2-3-13(21)10-20-17(22)15-11-19-16-9-12(18)4-5-14(15)16/h4-5,9,11,13,19H,2-3,6-8,10H2,1H3,(H,20,22)/t13-/m0/s1. The number of halogens is 1. The minimum Gasteiger partial charge on any atom is -0.383 e. The molecule has 1 amide bonds. The number of aromatic amines is 1. The third-order valence-electron chi connectivity index (χ3n) is 4.47. The second-order valence-electron chi connectivity index (χ2n) is 5.93. The zero-order valence-corrected chi connectivity index (χ0v) is 13.3. The quantitative estimate of drug-likeness (QED) is 0.858. The summed E-state index contributed by atoms with van der Waals surface area (Å²) in [7, 11) is 1.70. The molecule has 0 radical (unpaired) electrons. The van der Waals surface area contributed by atoms with Gasteiger partial charge in [0.25, 0.3) is 5.91 Å². The SMILES string of the molecule is COCCN1CCC[C@H]1CNC(=O)c1c[nH]c2cc(F)ccc12. The number of carbonyl (C=O) groups is 1. The summed E-state index contributed by atoms with van der Waals surface area (Å²) in [6, 6.07) is 4.76. The van der Waals surface area contributed by atoms with Gasteiger partial charge in [0, 0.05) is 43.3 Å². The number of nitrogens with one attached hydrogen (secondary N) is 2. The van der Waals surface area contributed by atoms with E-state index in [1.807, 2.05) is 0 Å². The molecule has 5 nitrogen and oxygen atoms in total. The zero-order valence-electron chi connectivity index (χ0n) is 13.3. The van der Waals surface area contributed by atoms with Crippen LogP contribution >= 0.6 is 0 Å². The second-order valence-corrected chi connectivity index (χ2v) is 5.93. The third-order valence-corrected chi connectivity index (χ3v) is 4.47. The molecule has 1 aromatic heterocycles. The summed E-state index contributed by atoms with van der Waals surface area (Å²) in [6.45, 7) is 3.27. The summed E-state index contributed by atoms with van der Waals surface area (Å²) in [5, 5.41) is 3.75. The maximum absolute atomic E-state index is 13.2. The van der Waals surface area contributed by atoms with Crippen LogP contribution in [0.4, 0.5) is 4.39 Å². The Morgan fingerprint density at radius 1 is 1.52 bits per heavy atom. The van der Waals surface area contributed by atoms with Crippen LogP contribution in [0.1, 0.15) is 23.2 Å². The van der Waals surface area contributed by atoms with E-state index in [0.29, 0.717) is 30.3 Å². The highest BCUT2D eigenvalue weighted by Crippen LogP contribution is 2.20. The van der Waals surface area contributed by atoms with Crippen molar-refractivity contribution >= 4 is 16.8 Å². The molecule has 1 aliphatic heterocycles. The third kappa shape index (κ3) is 3.54. The number of rotatable bonds is 6. The van der Waals surface area contributed by atoms with E-state index in [9.17, 15) is 9.18 Å². The highest BCUT2D eigenvalue weighted by Gasteiger charge is 2.24. The molecule has 0 bridgehead atoms. The van der Waals surface area contributed by atoms with Gasteiger partial charge in [-0.2, -0.15) is 0 Å². The van der Waals surface area contributed by atoms with E-state index in [2.05, 4.69) is 15.2 Å². The highest BCUT2D eigenvalue weighted by molar-refractivity contribution is 6.06. The normalized spacial score (nSPS) is 18.6. The average molecular weight is 319 g/mol. The smallest absolute Gasteiger partial charge is 0.253 e. The van der Waals surface area contributed by atoms with E-state index in [-0.39, 0.29) is 11.7 Å². The van der Waals surface area contributed by atoms with Gasteiger partial charge >= 0.3 is 0 Å². The number of fused-ring (bicyclic) bond motifs is 1. The Morgan fingerprint density at radius 3 is 3.22 bits per heavy atom. The molecule has 1 aromatic carbocycles. The fraction of sp³-hybridized carbons (Fsp3) is 0.471. The van der Waals surface area contributed by atoms with E-state index >= 15 is 0 Å². The Labute approximate surface area is 134 Å². The Morgan fingerprint density at radius 2 is 2.39 bits per heavy atom. The van der Waals surface area contributed by atoms with Gasteiger partial charge in [-0.1, -0.05) is 0 Å². The number of hydrogen-bond donors (Lipinski definition) is 2. The molecule has 1 atom stereocenters. The van der Waals surface area contributed by atoms with Crippen molar-refractivity contribution in [2.75, 3.05) is 33.4 Å². The van der Waals surface area contributed by atoms with E-state index in [1.54, 1.807) is 19.4 Å². The predicted molar refractivity (Wildman–Crippen MR) is 87.1 cm³/mol. The molecule has 2 heterocycles. The number of H-pyrrole nitrogens is 1. The summed E-state index contributed by atoms with van der Waals surface area (Å²) in [5.74, 6) is -0.438. The van der Waals surface area contributed by atoms with E-state index in [4.69, 9.17) is 4.74 Å². The topological polar surface area (TPSA) is 57.4 Å². The fourth-order valence-electron chi connectivity index (χ4n) is 3.22. The predicted octanol–water partition coefficient (Wildman–Crippen LogP) is 2.15. The molecule has 0 spiro atoms. The van der Waals surface area contributed by atoms with Crippen molar-refractivity contribution in [1.29, 1.82) is 0 Å². The van der Waals surface area contributed by atoms with Gasteiger partial charge in [0.05, 0.1) is 12.2 Å². The number of carbonyl (C=O) groups excluding carboxylic acids is 1. The van der Waals surface area contributed by atoms with E-state index in [0.717, 1.165) is 31.3 Å². The number of hydrogen-bond acceptors (Lipinski definition) is 3. The van der Waals surface area contributed by atoms with Crippen LogP contribution in [0.5, 0.6) is 0 Å². The molecule has 0 aliphatic carbocycles. The van der Waals surface area contributed by atoms with Crippen LogP contribution < -0.4 is 5.32 Å². The minimum absolute atomic E-state index is 0.124.